The van der Waals surface area contributed by atoms with Gasteiger partial charge < -0.3 is 19.7 Å². The first-order valence-electron chi connectivity index (χ1n) is 10.2. The van der Waals surface area contributed by atoms with Gasteiger partial charge in [0.15, 0.2) is 5.82 Å². The van der Waals surface area contributed by atoms with Crippen LogP contribution in [-0.4, -0.2) is 59.3 Å². The van der Waals surface area contributed by atoms with E-state index in [9.17, 15) is 32.9 Å². The van der Waals surface area contributed by atoms with Gasteiger partial charge in [0.1, 0.15) is 18.9 Å². The minimum Gasteiger partial charge on any atom is -0.353 e. The first-order chi connectivity index (χ1) is 17.1. The number of amides is 2. The Morgan fingerprint density at radius 1 is 1.14 bits per heavy atom. The predicted molar refractivity (Wildman–Crippen MR) is 112 cm³/mol. The number of halogens is 3. The Bertz CT molecular complexity index is 1430. The molecule has 0 saturated heterocycles. The van der Waals surface area contributed by atoms with Gasteiger partial charge in [-0.15, -0.1) is 0 Å². The van der Waals surface area contributed by atoms with Crippen LogP contribution in [0.1, 0.15) is 22.3 Å². The summed E-state index contributed by atoms with van der Waals surface area (Å²) in [5.74, 6) is -3.08. The third kappa shape index (κ3) is 5.45. The van der Waals surface area contributed by atoms with Gasteiger partial charge in [0.2, 0.25) is 11.7 Å². The molecule has 0 bridgehead atoms. The van der Waals surface area contributed by atoms with Crippen LogP contribution in [0.4, 0.5) is 18.9 Å². The second-order valence-corrected chi connectivity index (χ2v) is 7.28. The van der Waals surface area contributed by atoms with Crippen LogP contribution in [0.5, 0.6) is 0 Å². The van der Waals surface area contributed by atoms with Crippen LogP contribution in [0.25, 0.3) is 11.0 Å². The zero-order chi connectivity index (χ0) is 25.9. The summed E-state index contributed by atoms with van der Waals surface area (Å²) in [6.45, 7) is -0.734. The summed E-state index contributed by atoms with van der Waals surface area (Å²) in [6, 6.07) is 6.02. The largest absolute Gasteiger partial charge is 0.449 e. The van der Waals surface area contributed by atoms with E-state index in [0.717, 1.165) is 21.6 Å². The highest BCUT2D eigenvalue weighted by Gasteiger charge is 2.38. The molecular formula is C19H16F3N9O5. The number of imidazole rings is 1. The monoisotopic (exact) mass is 507 g/mol. The van der Waals surface area contributed by atoms with Crippen LogP contribution in [0.2, 0.25) is 0 Å². The molecular weight excluding hydrogens is 491 g/mol. The third-order valence-corrected chi connectivity index (χ3v) is 4.74. The number of para-hydroxylation sites is 2. The molecule has 0 atom stereocenters. The first kappa shape index (κ1) is 24.3. The number of carbonyl (C=O) groups is 2. The molecule has 0 unspecified atom stereocenters. The molecule has 0 aliphatic rings. The quantitative estimate of drug-likeness (QED) is 0.191. The van der Waals surface area contributed by atoms with Crippen molar-refractivity contribution < 1.29 is 32.2 Å². The van der Waals surface area contributed by atoms with Crippen molar-refractivity contribution in [2.75, 3.05) is 13.1 Å². The summed E-state index contributed by atoms with van der Waals surface area (Å²) >= 11 is 0. The molecule has 2 amide bonds. The molecule has 3 heterocycles. The number of aromatic nitrogens is 6. The van der Waals surface area contributed by atoms with E-state index in [-0.39, 0.29) is 42.2 Å². The van der Waals surface area contributed by atoms with Crippen molar-refractivity contribution >= 4 is 28.5 Å². The average molecular weight is 507 g/mol. The van der Waals surface area contributed by atoms with Gasteiger partial charge in [-0.25, -0.2) is 4.98 Å². The predicted octanol–water partition coefficient (Wildman–Crippen LogP) is 1.14. The number of rotatable bonds is 9. The number of alkyl halides is 3. The molecule has 3 aromatic heterocycles. The van der Waals surface area contributed by atoms with Gasteiger partial charge >= 0.3 is 23.7 Å². The van der Waals surface area contributed by atoms with Gasteiger partial charge in [0.05, 0.1) is 22.5 Å². The molecule has 14 nitrogen and oxygen atoms in total. The molecule has 0 saturated carbocycles. The van der Waals surface area contributed by atoms with Gasteiger partial charge in [-0.05, 0) is 12.1 Å². The summed E-state index contributed by atoms with van der Waals surface area (Å²) in [7, 11) is 0. The topological polar surface area (TPSA) is 176 Å². The van der Waals surface area contributed by atoms with E-state index < -0.39 is 41.2 Å². The van der Waals surface area contributed by atoms with E-state index in [4.69, 9.17) is 4.52 Å². The Labute approximate surface area is 198 Å². The van der Waals surface area contributed by atoms with Crippen LogP contribution < -0.4 is 10.6 Å². The first-order valence-corrected chi connectivity index (χ1v) is 10.2. The Balaban J connectivity index is 1.30. The maximum Gasteiger partial charge on any atom is 0.449 e. The fraction of sp³-hybridized carbons (Fsp3) is 0.263. The van der Waals surface area contributed by atoms with Crippen LogP contribution in [0, 0.1) is 10.1 Å². The highest BCUT2D eigenvalue weighted by molar-refractivity contribution is 5.89. The van der Waals surface area contributed by atoms with E-state index in [1.807, 2.05) is 0 Å². The van der Waals surface area contributed by atoms with Gasteiger partial charge in [-0.1, -0.05) is 17.3 Å². The third-order valence-electron chi connectivity index (χ3n) is 4.74. The van der Waals surface area contributed by atoms with Gasteiger partial charge in [0.25, 0.3) is 0 Å². The van der Waals surface area contributed by atoms with Crippen LogP contribution in [0.3, 0.4) is 0 Å². The average Bonchev–Trinajstić information content (AvgIpc) is 3.56. The molecule has 17 heteroatoms. The molecule has 4 aromatic rings. The van der Waals surface area contributed by atoms with Crippen LogP contribution in [0.15, 0.2) is 41.2 Å². The number of fused-ring (bicyclic) bond motifs is 1. The van der Waals surface area contributed by atoms with E-state index in [1.165, 1.54) is 12.1 Å². The molecule has 0 radical (unpaired) electrons. The molecule has 0 fully saturated rings. The summed E-state index contributed by atoms with van der Waals surface area (Å²) in [6.07, 6.45) is -2.62. The van der Waals surface area contributed by atoms with Crippen molar-refractivity contribution in [2.24, 2.45) is 0 Å². The summed E-state index contributed by atoms with van der Waals surface area (Å²) < 4.78 is 47.1. The SMILES string of the molecule is O=C(Cn1cc([N+](=O)[O-])cn1)NCCNC(=O)c1nc(Cn2c(C(F)(F)F)nc3ccccc32)no1. The number of benzene rings is 1. The van der Waals surface area contributed by atoms with E-state index >= 15 is 0 Å². The fourth-order valence-electron chi connectivity index (χ4n) is 3.19. The molecule has 4 rings (SSSR count). The number of carbonyl (C=O) groups excluding carboxylic acids is 2. The standard InChI is InChI=1S/C19H16F3N9O5/c20-19(21,22)18-26-12-3-1-2-4-13(12)30(18)9-14-27-17(36-28-14)16(33)24-6-5-23-15(32)10-29-8-11(7-25-29)31(34)35/h1-4,7-8H,5-6,9-10H2,(H,23,32)(H,24,33). The molecule has 36 heavy (non-hydrogen) atoms. The summed E-state index contributed by atoms with van der Waals surface area (Å²) in [4.78, 5) is 41.5. The normalized spacial score (nSPS) is 11.5. The zero-order valence-electron chi connectivity index (χ0n) is 18.1. The van der Waals surface area contributed by atoms with E-state index in [1.54, 1.807) is 12.1 Å². The second-order valence-electron chi connectivity index (χ2n) is 7.28. The van der Waals surface area contributed by atoms with Crippen molar-refractivity contribution in [1.82, 2.24) is 40.1 Å². The van der Waals surface area contributed by atoms with Crippen molar-refractivity contribution in [3.63, 3.8) is 0 Å². The van der Waals surface area contributed by atoms with Gasteiger partial charge in [0, 0.05) is 13.1 Å². The molecule has 0 aliphatic heterocycles. The lowest BCUT2D eigenvalue weighted by Gasteiger charge is -2.09. The maximum absolute atomic E-state index is 13.4. The minimum absolute atomic E-state index is 0.00486. The van der Waals surface area contributed by atoms with E-state index in [2.05, 4.69) is 30.9 Å². The molecule has 0 aliphatic carbocycles. The highest BCUT2D eigenvalue weighted by Crippen LogP contribution is 2.31. The van der Waals surface area contributed by atoms with E-state index in [0.29, 0.717) is 0 Å². The number of hydrogen-bond donors (Lipinski definition) is 2. The lowest BCUT2D eigenvalue weighted by molar-refractivity contribution is -0.385. The minimum atomic E-state index is -4.72. The number of nitro groups is 1. The lowest BCUT2D eigenvalue weighted by atomic mass is 10.3. The Morgan fingerprint density at radius 2 is 1.89 bits per heavy atom. The van der Waals surface area contributed by atoms with Crippen molar-refractivity contribution in [3.8, 4) is 0 Å². The molecule has 2 N–H and O–H groups in total. The second kappa shape index (κ2) is 9.80. The number of nitrogens with one attached hydrogen (secondary N) is 2. The summed E-state index contributed by atoms with van der Waals surface area (Å²) in [5, 5.41) is 22.8. The van der Waals surface area contributed by atoms with Gasteiger partial charge in [-0.2, -0.15) is 23.3 Å². The molecule has 0 spiro atoms. The van der Waals surface area contributed by atoms with Crippen molar-refractivity contribution in [2.45, 2.75) is 19.3 Å². The molecule has 188 valence electrons. The van der Waals surface area contributed by atoms with Crippen LogP contribution >= 0.6 is 0 Å². The fourth-order valence-corrected chi connectivity index (χ4v) is 3.19. The number of hydrogen-bond acceptors (Lipinski definition) is 9. The Kier molecular flexibility index (Phi) is 6.62. The summed E-state index contributed by atoms with van der Waals surface area (Å²) in [5.41, 5.74) is 0.0880. The lowest BCUT2D eigenvalue weighted by Crippen LogP contribution is -2.36. The van der Waals surface area contributed by atoms with Crippen molar-refractivity contribution in [3.05, 3.63) is 64.3 Å². The zero-order valence-corrected chi connectivity index (χ0v) is 18.1. The molecule has 1 aromatic carbocycles. The van der Waals surface area contributed by atoms with Gasteiger partial charge in [-0.3, -0.25) is 24.4 Å². The smallest absolute Gasteiger partial charge is 0.353 e. The Hall–Kier alpha value is -4.83. The van der Waals surface area contributed by atoms with Crippen molar-refractivity contribution in [1.29, 1.82) is 0 Å². The van der Waals surface area contributed by atoms with Crippen LogP contribution in [-0.2, 0) is 24.1 Å². The highest BCUT2D eigenvalue weighted by atomic mass is 19.4. The Morgan fingerprint density at radius 3 is 2.61 bits per heavy atom. The number of nitrogens with zero attached hydrogens (tertiary/aromatic N) is 7. The maximum atomic E-state index is 13.4.